The summed E-state index contributed by atoms with van der Waals surface area (Å²) in [6.45, 7) is 4.92. The number of carbonyl (C=O) groups is 1. The minimum Gasteiger partial charge on any atom is -0.359 e. The molecule has 0 unspecified atom stereocenters. The van der Waals surface area contributed by atoms with Crippen LogP contribution in [0.25, 0.3) is 11.3 Å². The second-order valence-corrected chi connectivity index (χ2v) is 5.55. The van der Waals surface area contributed by atoms with Crippen LogP contribution in [0.3, 0.4) is 0 Å². The third-order valence-electron chi connectivity index (χ3n) is 3.37. The zero-order valence-corrected chi connectivity index (χ0v) is 12.6. The number of benzene rings is 1. The Morgan fingerprint density at radius 2 is 1.95 bits per heavy atom. The highest BCUT2D eigenvalue weighted by Crippen LogP contribution is 2.19. The van der Waals surface area contributed by atoms with Gasteiger partial charge in [0.05, 0.1) is 5.41 Å². The van der Waals surface area contributed by atoms with Crippen LogP contribution in [0, 0.1) is 5.41 Å². The molecule has 0 aliphatic heterocycles. The van der Waals surface area contributed by atoms with Crippen molar-refractivity contribution in [2.75, 3.05) is 13.6 Å². The van der Waals surface area contributed by atoms with Crippen molar-refractivity contribution in [3.63, 3.8) is 0 Å². The summed E-state index contributed by atoms with van der Waals surface area (Å²) >= 11 is 0. The molecule has 0 aliphatic rings. The van der Waals surface area contributed by atoms with E-state index in [4.69, 9.17) is 0 Å². The molecule has 112 valence electrons. The summed E-state index contributed by atoms with van der Waals surface area (Å²) in [7, 11) is 1.65. The molecule has 2 aromatic rings. The molecule has 0 atom stereocenters. The van der Waals surface area contributed by atoms with E-state index in [2.05, 4.69) is 26.0 Å². The largest absolute Gasteiger partial charge is 0.359 e. The Morgan fingerprint density at radius 1 is 1.24 bits per heavy atom. The lowest BCUT2D eigenvalue weighted by Gasteiger charge is -2.22. The van der Waals surface area contributed by atoms with Crippen LogP contribution < -0.4 is 10.6 Å². The van der Waals surface area contributed by atoms with E-state index in [9.17, 15) is 4.79 Å². The molecule has 1 amide bonds. The van der Waals surface area contributed by atoms with Crippen molar-refractivity contribution in [2.45, 2.75) is 20.4 Å². The quantitative estimate of drug-likeness (QED) is 0.748. The van der Waals surface area contributed by atoms with Gasteiger partial charge in [0.2, 0.25) is 5.91 Å². The first-order valence-corrected chi connectivity index (χ1v) is 6.92. The van der Waals surface area contributed by atoms with Gasteiger partial charge < -0.3 is 10.6 Å². The van der Waals surface area contributed by atoms with E-state index in [1.807, 2.05) is 44.2 Å². The molecule has 0 fully saturated rings. The van der Waals surface area contributed by atoms with Crippen LogP contribution in [0.5, 0.6) is 0 Å². The van der Waals surface area contributed by atoms with E-state index in [0.717, 1.165) is 17.0 Å². The Bertz CT molecular complexity index is 591. The summed E-state index contributed by atoms with van der Waals surface area (Å²) < 4.78 is 0. The van der Waals surface area contributed by atoms with E-state index in [1.165, 1.54) is 0 Å². The third kappa shape index (κ3) is 3.66. The first kappa shape index (κ1) is 15.2. The summed E-state index contributed by atoms with van der Waals surface area (Å²) in [6.07, 6.45) is 0. The van der Waals surface area contributed by atoms with Crippen LogP contribution in [0.2, 0.25) is 0 Å². The van der Waals surface area contributed by atoms with Gasteiger partial charge in [0.25, 0.3) is 0 Å². The molecule has 1 aromatic heterocycles. The monoisotopic (exact) mass is 287 g/mol. The molecule has 3 N–H and O–H groups in total. The maximum absolute atomic E-state index is 11.7. The standard InChI is InChI=1S/C15H21N5O/c1-15(2,14(21)16-3)10-17-9-12-13(19-20-18-12)11-7-5-4-6-8-11/h4-8,17H,9-10H2,1-3H3,(H,16,21)(H,18,19,20). The number of nitrogens with one attached hydrogen (secondary N) is 3. The Balaban J connectivity index is 2.00. The number of aromatic amines is 1. The summed E-state index contributed by atoms with van der Waals surface area (Å²) in [6, 6.07) is 9.89. The maximum atomic E-state index is 11.7. The van der Waals surface area contributed by atoms with E-state index in [1.54, 1.807) is 7.05 Å². The minimum atomic E-state index is -0.467. The molecular weight excluding hydrogens is 266 g/mol. The summed E-state index contributed by atoms with van der Waals surface area (Å²) in [5.41, 5.74) is 2.23. The molecule has 0 saturated carbocycles. The second kappa shape index (κ2) is 6.49. The van der Waals surface area contributed by atoms with Crippen LogP contribution in [0.4, 0.5) is 0 Å². The molecule has 1 aromatic carbocycles. The number of carbonyl (C=O) groups excluding carboxylic acids is 1. The summed E-state index contributed by atoms with van der Waals surface area (Å²) in [5, 5.41) is 17.0. The van der Waals surface area contributed by atoms with E-state index in [-0.39, 0.29) is 5.91 Å². The Labute approximate surface area is 124 Å². The zero-order chi connectivity index (χ0) is 15.3. The molecule has 6 nitrogen and oxygen atoms in total. The number of hydrogen-bond donors (Lipinski definition) is 3. The van der Waals surface area contributed by atoms with Crippen LogP contribution >= 0.6 is 0 Å². The van der Waals surface area contributed by atoms with E-state index < -0.39 is 5.41 Å². The molecule has 6 heteroatoms. The number of nitrogens with zero attached hydrogens (tertiary/aromatic N) is 2. The topological polar surface area (TPSA) is 82.7 Å². The number of rotatable bonds is 6. The van der Waals surface area contributed by atoms with Gasteiger partial charge in [-0.2, -0.15) is 15.4 Å². The first-order valence-electron chi connectivity index (χ1n) is 6.92. The zero-order valence-electron chi connectivity index (χ0n) is 12.6. The highest BCUT2D eigenvalue weighted by Gasteiger charge is 2.26. The van der Waals surface area contributed by atoms with Gasteiger partial charge in [0.15, 0.2) is 0 Å². The van der Waals surface area contributed by atoms with Crippen LogP contribution in [-0.2, 0) is 11.3 Å². The molecular formula is C15H21N5O. The summed E-state index contributed by atoms with van der Waals surface area (Å²) in [5.74, 6) is 0.0124. The fourth-order valence-electron chi connectivity index (χ4n) is 2.12. The normalized spacial score (nSPS) is 11.4. The van der Waals surface area contributed by atoms with Gasteiger partial charge in [0, 0.05) is 25.7 Å². The lowest BCUT2D eigenvalue weighted by atomic mass is 9.92. The van der Waals surface area contributed by atoms with Gasteiger partial charge >= 0.3 is 0 Å². The van der Waals surface area contributed by atoms with Crippen molar-refractivity contribution in [1.82, 2.24) is 26.0 Å². The smallest absolute Gasteiger partial charge is 0.226 e. The SMILES string of the molecule is CNC(=O)C(C)(C)CNCc1n[nH]nc1-c1ccccc1. The average Bonchev–Trinajstić information content (AvgIpc) is 2.95. The summed E-state index contributed by atoms with van der Waals surface area (Å²) in [4.78, 5) is 11.7. The van der Waals surface area contributed by atoms with Crippen molar-refractivity contribution >= 4 is 5.91 Å². The number of amides is 1. The Morgan fingerprint density at radius 3 is 2.62 bits per heavy atom. The Kier molecular flexibility index (Phi) is 4.70. The molecule has 0 aliphatic carbocycles. The van der Waals surface area contributed by atoms with Crippen LogP contribution in [0.1, 0.15) is 19.5 Å². The first-order chi connectivity index (χ1) is 10.0. The molecule has 0 radical (unpaired) electrons. The fraction of sp³-hybridized carbons (Fsp3) is 0.400. The maximum Gasteiger partial charge on any atom is 0.226 e. The molecule has 21 heavy (non-hydrogen) atoms. The average molecular weight is 287 g/mol. The van der Waals surface area contributed by atoms with Gasteiger partial charge in [0.1, 0.15) is 11.4 Å². The third-order valence-corrected chi connectivity index (χ3v) is 3.37. The van der Waals surface area contributed by atoms with Gasteiger partial charge in [-0.1, -0.05) is 30.3 Å². The number of aromatic nitrogens is 3. The highest BCUT2D eigenvalue weighted by atomic mass is 16.2. The Hall–Kier alpha value is -2.21. The number of hydrogen-bond acceptors (Lipinski definition) is 4. The fourth-order valence-corrected chi connectivity index (χ4v) is 2.12. The van der Waals surface area contributed by atoms with Gasteiger partial charge in [-0.05, 0) is 13.8 Å². The van der Waals surface area contributed by atoms with E-state index in [0.29, 0.717) is 13.1 Å². The van der Waals surface area contributed by atoms with Gasteiger partial charge in [-0.15, -0.1) is 0 Å². The van der Waals surface area contributed by atoms with Crippen molar-refractivity contribution in [2.24, 2.45) is 5.41 Å². The molecule has 2 rings (SSSR count). The highest BCUT2D eigenvalue weighted by molar-refractivity contribution is 5.81. The van der Waals surface area contributed by atoms with Crippen molar-refractivity contribution < 1.29 is 4.79 Å². The van der Waals surface area contributed by atoms with E-state index >= 15 is 0 Å². The lowest BCUT2D eigenvalue weighted by molar-refractivity contribution is -0.128. The van der Waals surface area contributed by atoms with Crippen molar-refractivity contribution in [1.29, 1.82) is 0 Å². The predicted molar refractivity (Wildman–Crippen MR) is 81.4 cm³/mol. The van der Waals surface area contributed by atoms with Crippen LogP contribution in [-0.4, -0.2) is 34.9 Å². The minimum absolute atomic E-state index is 0.0124. The van der Waals surface area contributed by atoms with Crippen molar-refractivity contribution in [3.8, 4) is 11.3 Å². The van der Waals surface area contributed by atoms with Crippen molar-refractivity contribution in [3.05, 3.63) is 36.0 Å². The molecule has 0 saturated heterocycles. The van der Waals surface area contributed by atoms with Gasteiger partial charge in [-0.3, -0.25) is 4.79 Å². The molecule has 0 spiro atoms. The van der Waals surface area contributed by atoms with Gasteiger partial charge in [-0.25, -0.2) is 0 Å². The lowest BCUT2D eigenvalue weighted by Crippen LogP contribution is -2.41. The van der Waals surface area contributed by atoms with Crippen LogP contribution in [0.15, 0.2) is 30.3 Å². The number of H-pyrrole nitrogens is 1. The predicted octanol–water partition coefficient (Wildman–Crippen LogP) is 1.33. The molecule has 0 bridgehead atoms. The molecule has 1 heterocycles. The second-order valence-electron chi connectivity index (χ2n) is 5.55.